The molecule has 6 heteroatoms. The molecule has 0 aliphatic carbocycles. The van der Waals surface area contributed by atoms with E-state index in [4.69, 9.17) is 4.74 Å². The van der Waals surface area contributed by atoms with E-state index in [1.165, 1.54) is 6.07 Å². The third-order valence-corrected chi connectivity index (χ3v) is 4.02. The maximum Gasteiger partial charge on any atom is 0.310 e. The molecule has 1 saturated heterocycles. The van der Waals surface area contributed by atoms with Gasteiger partial charge in [-0.25, -0.2) is 4.39 Å². The van der Waals surface area contributed by atoms with E-state index in [1.54, 1.807) is 32.0 Å². The van der Waals surface area contributed by atoms with Gasteiger partial charge >= 0.3 is 5.97 Å². The van der Waals surface area contributed by atoms with Crippen molar-refractivity contribution in [3.8, 4) is 0 Å². The Morgan fingerprint density at radius 1 is 1.43 bits per heavy atom. The molecule has 0 spiro atoms. The van der Waals surface area contributed by atoms with Crippen molar-refractivity contribution in [3.05, 3.63) is 30.1 Å². The van der Waals surface area contributed by atoms with Gasteiger partial charge in [-0.1, -0.05) is 19.1 Å². The van der Waals surface area contributed by atoms with Gasteiger partial charge in [0.25, 0.3) is 0 Å². The third kappa shape index (κ3) is 4.43. The highest BCUT2D eigenvalue weighted by Gasteiger charge is 2.30. The topological polar surface area (TPSA) is 58.6 Å². The number of carbonyl (C=O) groups excluding carboxylic acids is 2. The van der Waals surface area contributed by atoms with Crippen molar-refractivity contribution >= 4 is 17.6 Å². The number of benzene rings is 1. The molecule has 1 aromatic carbocycles. The predicted octanol–water partition coefficient (Wildman–Crippen LogP) is 1.97. The van der Waals surface area contributed by atoms with Crippen molar-refractivity contribution in [2.75, 3.05) is 31.1 Å². The maximum absolute atomic E-state index is 13.8. The number of anilines is 1. The first-order valence-electron chi connectivity index (χ1n) is 7.96. The molecule has 126 valence electrons. The maximum atomic E-state index is 13.8. The van der Waals surface area contributed by atoms with Gasteiger partial charge < -0.3 is 15.0 Å². The first-order valence-corrected chi connectivity index (χ1v) is 7.96. The van der Waals surface area contributed by atoms with Crippen molar-refractivity contribution in [1.82, 2.24) is 5.32 Å². The number of ether oxygens (including phenoxy) is 1. The lowest BCUT2D eigenvalue weighted by atomic mass is 10.1. The fraction of sp³-hybridized carbons (Fsp3) is 0.529. The van der Waals surface area contributed by atoms with Gasteiger partial charge in [0.1, 0.15) is 5.82 Å². The van der Waals surface area contributed by atoms with E-state index in [-0.39, 0.29) is 36.1 Å². The van der Waals surface area contributed by atoms with Crippen LogP contribution in [-0.2, 0) is 14.3 Å². The van der Waals surface area contributed by atoms with Gasteiger partial charge in [-0.05, 0) is 25.5 Å². The van der Waals surface area contributed by atoms with Gasteiger partial charge in [-0.2, -0.15) is 0 Å². The van der Waals surface area contributed by atoms with E-state index in [0.29, 0.717) is 31.8 Å². The first-order chi connectivity index (χ1) is 11.0. The van der Waals surface area contributed by atoms with Crippen LogP contribution in [0.1, 0.15) is 20.3 Å². The highest BCUT2D eigenvalue weighted by Crippen LogP contribution is 2.26. The van der Waals surface area contributed by atoms with Crippen LogP contribution in [-0.4, -0.2) is 38.1 Å². The number of hydrogen-bond donors (Lipinski definition) is 1. The molecule has 0 radical (unpaired) electrons. The number of hydrogen-bond acceptors (Lipinski definition) is 4. The zero-order valence-electron chi connectivity index (χ0n) is 13.5. The summed E-state index contributed by atoms with van der Waals surface area (Å²) in [6.45, 7) is 5.19. The number of rotatable bonds is 6. The van der Waals surface area contributed by atoms with Gasteiger partial charge in [0.2, 0.25) is 5.91 Å². The zero-order chi connectivity index (χ0) is 16.8. The molecule has 1 aliphatic rings. The van der Waals surface area contributed by atoms with E-state index < -0.39 is 0 Å². The van der Waals surface area contributed by atoms with E-state index in [9.17, 15) is 14.0 Å². The summed E-state index contributed by atoms with van der Waals surface area (Å²) in [5.74, 6) is -1.25. The van der Waals surface area contributed by atoms with Gasteiger partial charge in [0, 0.05) is 19.6 Å². The lowest BCUT2D eigenvalue weighted by Gasteiger charge is -2.19. The Balaban J connectivity index is 1.83. The molecule has 0 saturated carbocycles. The van der Waals surface area contributed by atoms with Crippen LogP contribution in [0.2, 0.25) is 0 Å². The molecule has 0 bridgehead atoms. The summed E-state index contributed by atoms with van der Waals surface area (Å²) in [6, 6.07) is 6.57. The van der Waals surface area contributed by atoms with Gasteiger partial charge in [0.15, 0.2) is 0 Å². The van der Waals surface area contributed by atoms with Crippen LogP contribution in [0.15, 0.2) is 24.3 Å². The average molecular weight is 322 g/mol. The Kier molecular flexibility index (Phi) is 5.96. The molecule has 5 nitrogen and oxygen atoms in total. The summed E-state index contributed by atoms with van der Waals surface area (Å²) < 4.78 is 18.7. The van der Waals surface area contributed by atoms with Crippen LogP contribution in [0.4, 0.5) is 10.1 Å². The average Bonchev–Trinajstić information content (AvgIpc) is 3.02. The molecule has 0 aromatic heterocycles. The van der Waals surface area contributed by atoms with Crippen molar-refractivity contribution < 1.29 is 18.7 Å². The molecule has 1 amide bonds. The monoisotopic (exact) mass is 322 g/mol. The molecule has 23 heavy (non-hydrogen) atoms. The molecular formula is C17H23FN2O3. The molecular weight excluding hydrogens is 299 g/mol. The van der Waals surface area contributed by atoms with Crippen LogP contribution in [0, 0.1) is 17.7 Å². The number of nitrogens with zero attached hydrogens (tertiary/aromatic N) is 1. The summed E-state index contributed by atoms with van der Waals surface area (Å²) in [5, 5.41) is 2.79. The number of nitrogens with one attached hydrogen (secondary N) is 1. The highest BCUT2D eigenvalue weighted by atomic mass is 19.1. The fourth-order valence-electron chi connectivity index (χ4n) is 2.67. The zero-order valence-corrected chi connectivity index (χ0v) is 13.5. The molecule has 1 aromatic rings. The number of carbonyl (C=O) groups is 2. The summed E-state index contributed by atoms with van der Waals surface area (Å²) in [7, 11) is 0. The van der Waals surface area contributed by atoms with Gasteiger partial charge in [-0.3, -0.25) is 9.59 Å². The van der Waals surface area contributed by atoms with Crippen molar-refractivity contribution in [1.29, 1.82) is 0 Å². The Hall–Kier alpha value is -2.11. The van der Waals surface area contributed by atoms with Gasteiger partial charge in [0.05, 0.1) is 24.1 Å². The van der Waals surface area contributed by atoms with Crippen molar-refractivity contribution in [2.24, 2.45) is 11.8 Å². The van der Waals surface area contributed by atoms with Crippen LogP contribution < -0.4 is 10.2 Å². The molecule has 1 N–H and O–H groups in total. The lowest BCUT2D eigenvalue weighted by Crippen LogP contribution is -2.37. The van der Waals surface area contributed by atoms with E-state index >= 15 is 0 Å². The first kappa shape index (κ1) is 17.2. The summed E-state index contributed by atoms with van der Waals surface area (Å²) >= 11 is 0. The quantitative estimate of drug-likeness (QED) is 0.814. The van der Waals surface area contributed by atoms with Crippen LogP contribution in [0.5, 0.6) is 0 Å². The largest absolute Gasteiger partial charge is 0.466 e. The SMILES string of the molecule is CCOC(=O)C(C)CNC(=O)C1CCN(c2ccccc2F)C1. The second-order valence-corrected chi connectivity index (χ2v) is 5.78. The smallest absolute Gasteiger partial charge is 0.310 e. The summed E-state index contributed by atoms with van der Waals surface area (Å²) in [5.41, 5.74) is 0.530. The third-order valence-electron chi connectivity index (χ3n) is 4.02. The second kappa shape index (κ2) is 7.94. The minimum atomic E-state index is -0.372. The van der Waals surface area contributed by atoms with Crippen LogP contribution in [0.3, 0.4) is 0 Å². The molecule has 2 atom stereocenters. The van der Waals surface area contributed by atoms with Crippen molar-refractivity contribution in [2.45, 2.75) is 20.3 Å². The highest BCUT2D eigenvalue weighted by molar-refractivity contribution is 5.81. The Labute approximate surface area is 135 Å². The number of amides is 1. The molecule has 2 rings (SSSR count). The minimum absolute atomic E-state index is 0.0972. The summed E-state index contributed by atoms with van der Waals surface area (Å²) in [6.07, 6.45) is 0.675. The fourth-order valence-corrected chi connectivity index (χ4v) is 2.67. The van der Waals surface area contributed by atoms with E-state index in [0.717, 1.165) is 0 Å². The Morgan fingerprint density at radius 3 is 2.87 bits per heavy atom. The van der Waals surface area contributed by atoms with Crippen molar-refractivity contribution in [3.63, 3.8) is 0 Å². The van der Waals surface area contributed by atoms with Crippen LogP contribution in [0.25, 0.3) is 0 Å². The molecule has 1 fully saturated rings. The lowest BCUT2D eigenvalue weighted by molar-refractivity contribution is -0.147. The predicted molar refractivity (Wildman–Crippen MR) is 85.5 cm³/mol. The second-order valence-electron chi connectivity index (χ2n) is 5.78. The number of esters is 1. The summed E-state index contributed by atoms with van der Waals surface area (Å²) in [4.78, 5) is 25.6. The Morgan fingerprint density at radius 2 is 2.17 bits per heavy atom. The van der Waals surface area contributed by atoms with Crippen LogP contribution >= 0.6 is 0 Å². The Bertz CT molecular complexity index is 565. The van der Waals surface area contributed by atoms with Gasteiger partial charge in [-0.15, -0.1) is 0 Å². The number of halogens is 1. The molecule has 1 aliphatic heterocycles. The standard InChI is InChI=1S/C17H23FN2O3/c1-3-23-17(22)12(2)10-19-16(21)13-8-9-20(11-13)15-7-5-4-6-14(15)18/h4-7,12-13H,3,8-11H2,1-2H3,(H,19,21). The molecule has 2 unspecified atom stereocenters. The minimum Gasteiger partial charge on any atom is -0.466 e. The van der Waals surface area contributed by atoms with E-state index in [1.807, 2.05) is 4.90 Å². The molecule has 1 heterocycles. The normalized spacial score (nSPS) is 18.6. The number of para-hydroxylation sites is 1. The van der Waals surface area contributed by atoms with E-state index in [2.05, 4.69) is 5.32 Å².